The Bertz CT molecular complexity index is 1020. The molecule has 0 bridgehead atoms. The molecule has 0 radical (unpaired) electrons. The highest BCUT2D eigenvalue weighted by Gasteiger charge is 2.40. The summed E-state index contributed by atoms with van der Waals surface area (Å²) in [7, 11) is 0. The fraction of sp³-hybridized carbons (Fsp3) is 0.440. The topological polar surface area (TPSA) is 59.1 Å². The Morgan fingerprint density at radius 1 is 0.882 bits per heavy atom. The van der Waals surface area contributed by atoms with Gasteiger partial charge >= 0.3 is 0 Å². The molecule has 2 heterocycles. The van der Waals surface area contributed by atoms with E-state index in [2.05, 4.69) is 0 Å². The molecule has 0 unspecified atom stereocenters. The predicted octanol–water partition coefficient (Wildman–Crippen LogP) is 3.65. The molecule has 2 amide bonds. The molecule has 2 aliphatic heterocycles. The zero-order valence-corrected chi connectivity index (χ0v) is 18.8. The third kappa shape index (κ3) is 5.70. The summed E-state index contributed by atoms with van der Waals surface area (Å²) in [5.74, 6) is -2.04. The van der Waals surface area contributed by atoms with Gasteiger partial charge in [0.1, 0.15) is 23.2 Å². The number of morpholine rings is 1. The lowest BCUT2D eigenvalue weighted by atomic mass is 9.75. The van der Waals surface area contributed by atoms with Crippen LogP contribution in [0.1, 0.15) is 29.6 Å². The molecule has 2 saturated heterocycles. The molecule has 2 fully saturated rings. The Morgan fingerprint density at radius 3 is 2.18 bits per heavy atom. The van der Waals surface area contributed by atoms with Crippen molar-refractivity contribution < 1.29 is 32.2 Å². The van der Waals surface area contributed by atoms with E-state index in [1.54, 1.807) is 4.90 Å². The summed E-state index contributed by atoms with van der Waals surface area (Å²) in [5, 5.41) is 0. The molecule has 34 heavy (non-hydrogen) atoms. The molecule has 0 N–H and O–H groups in total. The first-order valence-electron chi connectivity index (χ1n) is 11.3. The maximum absolute atomic E-state index is 14.1. The van der Waals surface area contributed by atoms with Crippen molar-refractivity contribution in [1.29, 1.82) is 0 Å². The number of carbonyl (C=O) groups excluding carboxylic acids is 2. The molecule has 0 aliphatic carbocycles. The van der Waals surface area contributed by atoms with Gasteiger partial charge in [0.15, 0.2) is 0 Å². The SMILES string of the molecule is O=C(CC1(COc2ccc(F)cc2)CCN(C(=O)c2ccc(F)cc2F)CC1)N1CCOCC1. The van der Waals surface area contributed by atoms with E-state index in [0.717, 1.165) is 12.1 Å². The van der Waals surface area contributed by atoms with Crippen LogP contribution >= 0.6 is 0 Å². The number of likely N-dealkylation sites (tertiary alicyclic amines) is 1. The smallest absolute Gasteiger partial charge is 0.256 e. The van der Waals surface area contributed by atoms with E-state index in [4.69, 9.17) is 9.47 Å². The van der Waals surface area contributed by atoms with Crippen LogP contribution in [0.3, 0.4) is 0 Å². The molecule has 0 spiro atoms. The van der Waals surface area contributed by atoms with E-state index in [0.29, 0.717) is 64.1 Å². The largest absolute Gasteiger partial charge is 0.493 e. The standard InChI is InChI=1S/C25H27F3N2O4/c26-18-1-4-20(5-2-18)34-17-25(16-23(31)29-11-13-33-14-12-29)7-9-30(10-8-25)24(32)21-6-3-19(27)15-22(21)28/h1-6,15H,7-14,16-17H2. The summed E-state index contributed by atoms with van der Waals surface area (Å²) in [6.45, 7) is 2.89. The third-order valence-corrected chi connectivity index (χ3v) is 6.52. The van der Waals surface area contributed by atoms with Gasteiger partial charge in [0.25, 0.3) is 5.91 Å². The number of rotatable bonds is 6. The second-order valence-corrected chi connectivity index (χ2v) is 8.83. The van der Waals surface area contributed by atoms with E-state index < -0.39 is 23.0 Å². The molecule has 2 aromatic carbocycles. The van der Waals surface area contributed by atoms with Crippen LogP contribution in [-0.4, -0.2) is 67.6 Å². The highest BCUT2D eigenvalue weighted by Crippen LogP contribution is 2.37. The van der Waals surface area contributed by atoms with Gasteiger partial charge in [-0.05, 0) is 49.2 Å². The summed E-state index contributed by atoms with van der Waals surface area (Å²) in [6, 6.07) is 8.57. The van der Waals surface area contributed by atoms with Gasteiger partial charge < -0.3 is 19.3 Å². The second-order valence-electron chi connectivity index (χ2n) is 8.83. The Labute approximate surface area is 196 Å². The number of nitrogens with zero attached hydrogens (tertiary/aromatic N) is 2. The minimum Gasteiger partial charge on any atom is -0.493 e. The Kier molecular flexibility index (Phi) is 7.41. The fourth-order valence-electron chi connectivity index (χ4n) is 4.40. The monoisotopic (exact) mass is 476 g/mol. The lowest BCUT2D eigenvalue weighted by molar-refractivity contribution is -0.139. The molecule has 9 heteroatoms. The van der Waals surface area contributed by atoms with Gasteiger partial charge in [-0.2, -0.15) is 0 Å². The molecule has 2 aromatic rings. The molecule has 0 saturated carbocycles. The molecule has 182 valence electrons. The number of benzene rings is 2. The molecule has 0 atom stereocenters. The number of hydrogen-bond acceptors (Lipinski definition) is 4. The first-order valence-corrected chi connectivity index (χ1v) is 11.3. The second kappa shape index (κ2) is 10.5. The average Bonchev–Trinajstić information content (AvgIpc) is 2.84. The number of halogens is 3. The van der Waals surface area contributed by atoms with E-state index in [9.17, 15) is 22.8 Å². The minimum atomic E-state index is -0.899. The van der Waals surface area contributed by atoms with Gasteiger partial charge in [-0.25, -0.2) is 13.2 Å². The number of carbonyl (C=O) groups is 2. The lowest BCUT2D eigenvalue weighted by Gasteiger charge is -2.42. The molecular formula is C25H27F3N2O4. The van der Waals surface area contributed by atoms with Crippen LogP contribution in [0.2, 0.25) is 0 Å². The average molecular weight is 476 g/mol. The van der Waals surface area contributed by atoms with Crippen molar-refractivity contribution in [2.45, 2.75) is 19.3 Å². The van der Waals surface area contributed by atoms with E-state index in [1.807, 2.05) is 0 Å². The number of hydrogen-bond donors (Lipinski definition) is 0. The third-order valence-electron chi connectivity index (χ3n) is 6.52. The molecule has 6 nitrogen and oxygen atoms in total. The molecule has 4 rings (SSSR count). The Hall–Kier alpha value is -3.07. The quantitative estimate of drug-likeness (QED) is 0.639. The highest BCUT2D eigenvalue weighted by atomic mass is 19.1. The van der Waals surface area contributed by atoms with Gasteiger partial charge in [-0.3, -0.25) is 9.59 Å². The van der Waals surface area contributed by atoms with E-state index in [-0.39, 0.29) is 30.3 Å². The first kappa shape index (κ1) is 24.1. The van der Waals surface area contributed by atoms with Crippen molar-refractivity contribution in [1.82, 2.24) is 9.80 Å². The Morgan fingerprint density at radius 2 is 1.53 bits per heavy atom. The van der Waals surface area contributed by atoms with Gasteiger partial charge in [-0.1, -0.05) is 0 Å². The summed E-state index contributed by atoms with van der Waals surface area (Å²) in [5.41, 5.74) is -0.720. The zero-order valence-electron chi connectivity index (χ0n) is 18.8. The zero-order chi connectivity index (χ0) is 24.1. The van der Waals surface area contributed by atoms with Gasteiger partial charge in [0.05, 0.1) is 25.4 Å². The van der Waals surface area contributed by atoms with E-state index in [1.165, 1.54) is 29.2 Å². The van der Waals surface area contributed by atoms with Gasteiger partial charge in [0.2, 0.25) is 5.91 Å². The van der Waals surface area contributed by atoms with Crippen LogP contribution in [0.25, 0.3) is 0 Å². The van der Waals surface area contributed by atoms with Crippen LogP contribution in [0.4, 0.5) is 13.2 Å². The normalized spacial score (nSPS) is 18.0. The summed E-state index contributed by atoms with van der Waals surface area (Å²) in [6.07, 6.45) is 1.18. The van der Waals surface area contributed by atoms with Crippen molar-refractivity contribution in [3.8, 4) is 5.75 Å². The van der Waals surface area contributed by atoms with Crippen LogP contribution in [0.5, 0.6) is 5.75 Å². The van der Waals surface area contributed by atoms with Crippen LogP contribution in [0.15, 0.2) is 42.5 Å². The summed E-state index contributed by atoms with van der Waals surface area (Å²) < 4.78 is 51.9. The van der Waals surface area contributed by atoms with Crippen molar-refractivity contribution in [2.24, 2.45) is 5.41 Å². The fourth-order valence-corrected chi connectivity index (χ4v) is 4.40. The Balaban J connectivity index is 1.46. The summed E-state index contributed by atoms with van der Waals surface area (Å²) in [4.78, 5) is 29.2. The number of ether oxygens (including phenoxy) is 2. The minimum absolute atomic E-state index is 0.00429. The van der Waals surface area contributed by atoms with Crippen molar-refractivity contribution in [3.05, 3.63) is 65.5 Å². The van der Waals surface area contributed by atoms with Crippen molar-refractivity contribution in [2.75, 3.05) is 46.0 Å². The van der Waals surface area contributed by atoms with Gasteiger partial charge in [0, 0.05) is 44.1 Å². The predicted molar refractivity (Wildman–Crippen MR) is 118 cm³/mol. The highest BCUT2D eigenvalue weighted by molar-refractivity contribution is 5.94. The maximum atomic E-state index is 14.1. The van der Waals surface area contributed by atoms with Crippen molar-refractivity contribution in [3.63, 3.8) is 0 Å². The molecule has 0 aromatic heterocycles. The number of piperidine rings is 1. The van der Waals surface area contributed by atoms with Crippen molar-refractivity contribution >= 4 is 11.8 Å². The van der Waals surface area contributed by atoms with Gasteiger partial charge in [-0.15, -0.1) is 0 Å². The van der Waals surface area contributed by atoms with Crippen LogP contribution in [-0.2, 0) is 9.53 Å². The lowest BCUT2D eigenvalue weighted by Crippen LogP contribution is -2.49. The van der Waals surface area contributed by atoms with E-state index >= 15 is 0 Å². The number of amides is 2. The van der Waals surface area contributed by atoms with Crippen LogP contribution < -0.4 is 4.74 Å². The first-order chi connectivity index (χ1) is 16.3. The molecular weight excluding hydrogens is 449 g/mol. The maximum Gasteiger partial charge on any atom is 0.256 e. The molecule has 2 aliphatic rings. The summed E-state index contributed by atoms with van der Waals surface area (Å²) >= 11 is 0. The van der Waals surface area contributed by atoms with Crippen LogP contribution in [0, 0.1) is 22.9 Å².